The maximum atomic E-state index is 4.71. The summed E-state index contributed by atoms with van der Waals surface area (Å²) in [5.41, 5.74) is 1.16. The molecule has 0 N–H and O–H groups in total. The molecule has 0 radical (unpaired) electrons. The fraction of sp³-hybridized carbons (Fsp3) is 0.684. The van der Waals surface area contributed by atoms with E-state index < -0.39 is 0 Å². The Balaban J connectivity index is 1.52. The number of rotatable bonds is 4. The lowest BCUT2D eigenvalue weighted by molar-refractivity contribution is 0.126. The highest BCUT2D eigenvalue weighted by Gasteiger charge is 2.39. The van der Waals surface area contributed by atoms with Gasteiger partial charge in [0, 0.05) is 19.6 Å². The Morgan fingerprint density at radius 2 is 1.50 bits per heavy atom. The minimum Gasteiger partial charge on any atom is -0.301 e. The largest absolute Gasteiger partial charge is 0.301 e. The highest BCUT2D eigenvalue weighted by Crippen LogP contribution is 2.30. The fourth-order valence-electron chi connectivity index (χ4n) is 4.30. The topological polar surface area (TPSA) is 34.4 Å². The van der Waals surface area contributed by atoms with Gasteiger partial charge in [-0.25, -0.2) is 5.01 Å². The van der Waals surface area contributed by atoms with Crippen LogP contribution in [0.15, 0.2) is 40.7 Å². The second-order valence-electron chi connectivity index (χ2n) is 7.32. The molecule has 3 heterocycles. The summed E-state index contributed by atoms with van der Waals surface area (Å²) in [6.07, 6.45) is 8.30. The summed E-state index contributed by atoms with van der Waals surface area (Å²) < 4.78 is 0. The second-order valence-corrected chi connectivity index (χ2v) is 7.32. The number of anilines is 1. The van der Waals surface area contributed by atoms with Crippen LogP contribution in [0.25, 0.3) is 0 Å². The zero-order valence-corrected chi connectivity index (χ0v) is 14.6. The molecule has 5 heteroatoms. The Morgan fingerprint density at radius 1 is 0.833 bits per heavy atom. The highest BCUT2D eigenvalue weighted by atomic mass is 15.7. The van der Waals surface area contributed by atoms with E-state index in [9.17, 15) is 0 Å². The molecule has 2 fully saturated rings. The van der Waals surface area contributed by atoms with Crippen LogP contribution in [0.2, 0.25) is 0 Å². The zero-order valence-electron chi connectivity index (χ0n) is 14.6. The van der Waals surface area contributed by atoms with Crippen LogP contribution >= 0.6 is 0 Å². The number of hydrogen-bond acceptors (Lipinski definition) is 5. The molecule has 0 bridgehead atoms. The van der Waals surface area contributed by atoms with E-state index in [0.29, 0.717) is 0 Å². The van der Waals surface area contributed by atoms with Crippen molar-refractivity contribution >= 4 is 5.69 Å². The lowest BCUT2D eigenvalue weighted by atomic mass is 10.1. The lowest BCUT2D eigenvalue weighted by Gasteiger charge is -2.39. The maximum absolute atomic E-state index is 4.71. The predicted octanol–water partition coefficient (Wildman–Crippen LogP) is 3.54. The summed E-state index contributed by atoms with van der Waals surface area (Å²) in [4.78, 5) is 5.21. The summed E-state index contributed by atoms with van der Waals surface area (Å²) in [6, 6.07) is 10.8. The Bertz CT molecular complexity index is 534. The van der Waals surface area contributed by atoms with Gasteiger partial charge in [0.05, 0.1) is 5.69 Å². The van der Waals surface area contributed by atoms with Crippen molar-refractivity contribution in [2.24, 2.45) is 10.3 Å². The Kier molecular flexibility index (Phi) is 5.09. The first-order chi connectivity index (χ1) is 11.9. The normalized spacial score (nSPS) is 29.2. The average molecular weight is 327 g/mol. The molecule has 24 heavy (non-hydrogen) atoms. The molecular weight excluding hydrogens is 298 g/mol. The van der Waals surface area contributed by atoms with E-state index in [0.717, 1.165) is 12.2 Å². The molecule has 130 valence electrons. The van der Waals surface area contributed by atoms with Crippen LogP contribution in [0.3, 0.4) is 0 Å². The van der Waals surface area contributed by atoms with Crippen LogP contribution in [-0.2, 0) is 0 Å². The van der Waals surface area contributed by atoms with Gasteiger partial charge < -0.3 is 4.90 Å². The molecule has 0 amide bonds. The fourth-order valence-corrected chi connectivity index (χ4v) is 4.30. The van der Waals surface area contributed by atoms with Crippen molar-refractivity contribution in [2.75, 3.05) is 37.7 Å². The van der Waals surface area contributed by atoms with Gasteiger partial charge in [0.1, 0.15) is 12.2 Å². The molecular formula is C19H29N5. The molecule has 2 unspecified atom stereocenters. The van der Waals surface area contributed by atoms with E-state index >= 15 is 0 Å². The molecule has 2 saturated heterocycles. The van der Waals surface area contributed by atoms with Crippen molar-refractivity contribution in [1.82, 2.24) is 9.80 Å². The number of likely N-dealkylation sites (tertiary alicyclic amines) is 2. The number of benzene rings is 1. The van der Waals surface area contributed by atoms with Crippen molar-refractivity contribution in [3.8, 4) is 0 Å². The average Bonchev–Trinajstić information content (AvgIpc) is 3.07. The first kappa shape index (κ1) is 16.0. The Labute approximate surface area is 145 Å². The summed E-state index contributed by atoms with van der Waals surface area (Å²) >= 11 is 0. The Hall–Kier alpha value is -1.46. The molecule has 0 saturated carbocycles. The van der Waals surface area contributed by atoms with Gasteiger partial charge in [-0.3, -0.25) is 4.90 Å². The van der Waals surface area contributed by atoms with Gasteiger partial charge in [0.25, 0.3) is 0 Å². The van der Waals surface area contributed by atoms with E-state index in [-0.39, 0.29) is 12.2 Å². The van der Waals surface area contributed by atoms with Crippen molar-refractivity contribution in [2.45, 2.75) is 50.7 Å². The van der Waals surface area contributed by atoms with Crippen LogP contribution < -0.4 is 5.01 Å². The lowest BCUT2D eigenvalue weighted by Crippen LogP contribution is -2.54. The number of para-hydroxylation sites is 1. The van der Waals surface area contributed by atoms with E-state index in [4.69, 9.17) is 5.11 Å². The van der Waals surface area contributed by atoms with Crippen molar-refractivity contribution in [1.29, 1.82) is 0 Å². The molecule has 0 aromatic heterocycles. The van der Waals surface area contributed by atoms with Gasteiger partial charge >= 0.3 is 0 Å². The van der Waals surface area contributed by atoms with Gasteiger partial charge in [-0.2, -0.15) is 5.11 Å². The van der Waals surface area contributed by atoms with Gasteiger partial charge in [-0.1, -0.05) is 36.3 Å². The quantitative estimate of drug-likeness (QED) is 0.848. The van der Waals surface area contributed by atoms with E-state index in [2.05, 4.69) is 50.4 Å². The van der Waals surface area contributed by atoms with Crippen LogP contribution in [0.1, 0.15) is 38.5 Å². The van der Waals surface area contributed by atoms with Crippen LogP contribution in [0.5, 0.6) is 0 Å². The van der Waals surface area contributed by atoms with Crippen molar-refractivity contribution in [3.63, 3.8) is 0 Å². The summed E-state index contributed by atoms with van der Waals surface area (Å²) in [5, 5.41) is 11.5. The molecule has 2 atom stereocenters. The molecule has 1 aromatic carbocycles. The summed E-state index contributed by atoms with van der Waals surface area (Å²) in [6.45, 7) is 5.85. The molecule has 5 nitrogen and oxygen atoms in total. The molecule has 3 aliphatic rings. The highest BCUT2D eigenvalue weighted by molar-refractivity contribution is 5.47. The third-order valence-electron chi connectivity index (χ3n) is 5.57. The van der Waals surface area contributed by atoms with Crippen LogP contribution in [0, 0.1) is 0 Å². The molecule has 0 spiro atoms. The van der Waals surface area contributed by atoms with E-state index in [1.807, 2.05) is 0 Å². The molecule has 0 aliphatic carbocycles. The molecule has 4 rings (SSSR count). The predicted molar refractivity (Wildman–Crippen MR) is 97.1 cm³/mol. The first-order valence-electron chi connectivity index (χ1n) is 9.63. The van der Waals surface area contributed by atoms with Gasteiger partial charge in [-0.15, -0.1) is 0 Å². The number of hydrogen-bond donors (Lipinski definition) is 0. The minimum absolute atomic E-state index is 0.265. The third-order valence-corrected chi connectivity index (χ3v) is 5.57. The summed E-state index contributed by atoms with van der Waals surface area (Å²) in [5.74, 6) is 0. The van der Waals surface area contributed by atoms with Crippen molar-refractivity contribution < 1.29 is 0 Å². The molecule has 1 aromatic rings. The van der Waals surface area contributed by atoms with E-state index in [1.54, 1.807) is 0 Å². The minimum atomic E-state index is 0.265. The van der Waals surface area contributed by atoms with Crippen LogP contribution in [-0.4, -0.2) is 54.7 Å². The second kappa shape index (κ2) is 7.62. The zero-order chi connectivity index (χ0) is 16.2. The monoisotopic (exact) mass is 327 g/mol. The van der Waals surface area contributed by atoms with Crippen molar-refractivity contribution in [3.05, 3.63) is 30.3 Å². The number of piperidine rings is 2. The third kappa shape index (κ3) is 3.47. The Morgan fingerprint density at radius 3 is 2.21 bits per heavy atom. The van der Waals surface area contributed by atoms with Gasteiger partial charge in [0.15, 0.2) is 0 Å². The smallest absolute Gasteiger partial charge is 0.132 e. The SMILES string of the molecule is c1ccc(N2N=NC(CN3CCCCC3)C2N2CCCCC2)cc1. The molecule has 3 aliphatic heterocycles. The maximum Gasteiger partial charge on any atom is 0.132 e. The van der Waals surface area contributed by atoms with Gasteiger partial charge in [-0.05, 0) is 50.9 Å². The summed E-state index contributed by atoms with van der Waals surface area (Å²) in [7, 11) is 0. The standard InChI is InChI=1S/C19H29N5/c1-4-10-17(11-5-1)24-19(23-14-8-3-9-15-23)18(20-21-24)16-22-12-6-2-7-13-22/h1,4-5,10-11,18-19H,2-3,6-9,12-16H2. The van der Waals surface area contributed by atoms with Crippen LogP contribution in [0.4, 0.5) is 5.69 Å². The van der Waals surface area contributed by atoms with E-state index in [1.165, 1.54) is 64.7 Å². The number of nitrogens with zero attached hydrogens (tertiary/aromatic N) is 5. The first-order valence-corrected chi connectivity index (χ1v) is 9.63. The van der Waals surface area contributed by atoms with Gasteiger partial charge in [0.2, 0.25) is 0 Å².